The van der Waals surface area contributed by atoms with E-state index in [2.05, 4.69) is 147 Å². The van der Waals surface area contributed by atoms with Gasteiger partial charge in [-0.1, -0.05) is 97.9 Å². The first-order valence-corrected chi connectivity index (χ1v) is 16.1. The van der Waals surface area contributed by atoms with E-state index in [-0.39, 0.29) is 11.6 Å². The molecule has 0 bridgehead atoms. The smallest absolute Gasteiger partial charge is 0.210 e. The number of para-hydroxylation sites is 2. The van der Waals surface area contributed by atoms with Crippen molar-refractivity contribution >= 4 is 33.8 Å². The first-order valence-electron chi connectivity index (χ1n) is 16.1. The number of hydrogen-bond acceptors (Lipinski definition) is 2. The lowest BCUT2D eigenvalue weighted by Gasteiger charge is -2.30. The Morgan fingerprint density at radius 2 is 1.62 bits per heavy atom. The van der Waals surface area contributed by atoms with E-state index >= 15 is 0 Å². The predicted molar refractivity (Wildman–Crippen MR) is 184 cm³/mol. The second-order valence-electron chi connectivity index (χ2n) is 13.3. The summed E-state index contributed by atoms with van der Waals surface area (Å²) in [6.45, 7) is 4.64. The highest BCUT2D eigenvalue weighted by atomic mass is 16.5. The van der Waals surface area contributed by atoms with Gasteiger partial charge in [-0.05, 0) is 95.1 Å². The molecule has 45 heavy (non-hydrogen) atoms. The van der Waals surface area contributed by atoms with Gasteiger partial charge in [0.25, 0.3) is 0 Å². The monoisotopic (exact) mass is 583 g/mol. The topological polar surface area (TPSA) is 38.2 Å². The van der Waals surface area contributed by atoms with Crippen LogP contribution in [0.2, 0.25) is 0 Å². The van der Waals surface area contributed by atoms with Crippen molar-refractivity contribution in [3.63, 3.8) is 0 Å². The van der Waals surface area contributed by atoms with E-state index in [9.17, 15) is 0 Å². The maximum Gasteiger partial charge on any atom is 0.210 e. The SMILES string of the molecule is CC1C=C(C2N=C(c3cccc4ccccc34)c3ccccc3[NH2+]2)C=C(c2ccc3c(c2)C=C2Oc4ccccc4C2(C)C3)C1. The Hall–Kier alpha value is -4.99. The lowest BCUT2D eigenvalue weighted by molar-refractivity contribution is -0.600. The van der Waals surface area contributed by atoms with Crippen LogP contribution in [-0.4, -0.2) is 11.9 Å². The minimum absolute atomic E-state index is 0.0440. The molecular formula is C42H35N2O+. The molecule has 2 heterocycles. The van der Waals surface area contributed by atoms with Gasteiger partial charge in [-0.2, -0.15) is 0 Å². The predicted octanol–water partition coefficient (Wildman–Crippen LogP) is 8.51. The molecule has 5 aromatic rings. The fraction of sp³-hybridized carbons (Fsp3) is 0.167. The normalized spacial score (nSPS) is 23.0. The Balaban J connectivity index is 1.10. The molecule has 0 fully saturated rings. The number of nitrogens with two attached hydrogens (primary N) is 1. The lowest BCUT2D eigenvalue weighted by atomic mass is 9.72. The first kappa shape index (κ1) is 26.4. The van der Waals surface area contributed by atoms with Crippen molar-refractivity contribution in [2.45, 2.75) is 38.3 Å². The molecular weight excluding hydrogens is 548 g/mol. The number of aliphatic imine (C=N–C) groups is 1. The van der Waals surface area contributed by atoms with E-state index in [4.69, 9.17) is 9.73 Å². The van der Waals surface area contributed by atoms with Crippen molar-refractivity contribution in [1.29, 1.82) is 0 Å². The Labute approximate surface area is 264 Å². The van der Waals surface area contributed by atoms with Gasteiger partial charge >= 0.3 is 0 Å². The quantitative estimate of drug-likeness (QED) is 0.213. The average Bonchev–Trinajstić information content (AvgIpc) is 3.36. The van der Waals surface area contributed by atoms with Crippen LogP contribution in [0.3, 0.4) is 0 Å². The summed E-state index contributed by atoms with van der Waals surface area (Å²) >= 11 is 0. The van der Waals surface area contributed by atoms with Crippen LogP contribution < -0.4 is 10.1 Å². The third-order valence-electron chi connectivity index (χ3n) is 10.2. The second-order valence-corrected chi connectivity index (χ2v) is 13.3. The first-order chi connectivity index (χ1) is 22.0. The molecule has 3 nitrogen and oxygen atoms in total. The van der Waals surface area contributed by atoms with E-state index in [1.807, 2.05) is 0 Å². The molecule has 0 amide bonds. The van der Waals surface area contributed by atoms with Crippen LogP contribution in [0.1, 0.15) is 53.6 Å². The number of allylic oxidation sites excluding steroid dienone is 3. The molecule has 218 valence electrons. The zero-order valence-corrected chi connectivity index (χ0v) is 25.6. The number of ether oxygens (including phenoxy) is 1. The summed E-state index contributed by atoms with van der Waals surface area (Å²) in [5.74, 6) is 2.48. The van der Waals surface area contributed by atoms with Gasteiger partial charge in [-0.15, -0.1) is 0 Å². The lowest BCUT2D eigenvalue weighted by Crippen LogP contribution is -2.86. The molecule has 2 N–H and O–H groups in total. The molecule has 2 aliphatic heterocycles. The fourth-order valence-electron chi connectivity index (χ4n) is 7.88. The highest BCUT2D eigenvalue weighted by molar-refractivity contribution is 6.21. The molecule has 0 aromatic heterocycles. The van der Waals surface area contributed by atoms with Gasteiger partial charge in [0.2, 0.25) is 6.17 Å². The fourth-order valence-corrected chi connectivity index (χ4v) is 7.88. The Morgan fingerprint density at radius 3 is 2.58 bits per heavy atom. The summed E-state index contributed by atoms with van der Waals surface area (Å²) in [6, 6.07) is 39.4. The Kier molecular flexibility index (Phi) is 5.88. The van der Waals surface area contributed by atoms with Crippen LogP contribution in [0.15, 0.2) is 138 Å². The van der Waals surface area contributed by atoms with E-state index < -0.39 is 0 Å². The molecule has 0 saturated carbocycles. The third-order valence-corrected chi connectivity index (χ3v) is 10.2. The van der Waals surface area contributed by atoms with Crippen molar-refractivity contribution in [2.75, 3.05) is 0 Å². The molecule has 3 heteroatoms. The summed E-state index contributed by atoms with van der Waals surface area (Å²) < 4.78 is 6.39. The highest BCUT2D eigenvalue weighted by Crippen LogP contribution is 2.50. The zero-order valence-electron chi connectivity index (χ0n) is 25.6. The molecule has 0 spiro atoms. The van der Waals surface area contributed by atoms with Crippen molar-refractivity contribution in [3.8, 4) is 5.75 Å². The maximum absolute atomic E-state index is 6.39. The van der Waals surface area contributed by atoms with Gasteiger partial charge in [-0.3, -0.25) is 5.32 Å². The molecule has 4 aliphatic rings. The number of rotatable bonds is 3. The van der Waals surface area contributed by atoms with Crippen LogP contribution in [0.4, 0.5) is 5.69 Å². The molecule has 0 radical (unpaired) electrons. The van der Waals surface area contributed by atoms with E-state index in [1.54, 1.807) is 0 Å². The van der Waals surface area contributed by atoms with Crippen LogP contribution in [0, 0.1) is 5.92 Å². The number of quaternary nitrogens is 1. The van der Waals surface area contributed by atoms with Crippen LogP contribution >= 0.6 is 0 Å². The number of nitrogens with zero attached hydrogens (tertiary/aromatic N) is 1. The van der Waals surface area contributed by atoms with Gasteiger partial charge in [0.05, 0.1) is 16.7 Å². The Morgan fingerprint density at radius 1 is 0.822 bits per heavy atom. The summed E-state index contributed by atoms with van der Waals surface area (Å²) in [6.07, 6.45) is 9.04. The minimum Gasteiger partial charge on any atom is -0.460 e. The van der Waals surface area contributed by atoms with Crippen molar-refractivity contribution in [2.24, 2.45) is 10.9 Å². The molecule has 9 rings (SSSR count). The van der Waals surface area contributed by atoms with Gasteiger partial charge in [-0.25, -0.2) is 4.99 Å². The van der Waals surface area contributed by atoms with Gasteiger partial charge < -0.3 is 4.74 Å². The van der Waals surface area contributed by atoms with Crippen molar-refractivity contribution in [1.82, 2.24) is 0 Å². The number of hydrogen-bond donors (Lipinski definition) is 1. The van der Waals surface area contributed by atoms with Gasteiger partial charge in [0, 0.05) is 16.7 Å². The maximum atomic E-state index is 6.39. The van der Waals surface area contributed by atoms with Crippen LogP contribution in [0.25, 0.3) is 22.4 Å². The summed E-state index contributed by atoms with van der Waals surface area (Å²) in [5, 5.41) is 4.82. The van der Waals surface area contributed by atoms with Crippen molar-refractivity contribution < 1.29 is 10.1 Å². The third kappa shape index (κ3) is 4.26. The van der Waals surface area contributed by atoms with Gasteiger partial charge in [0.1, 0.15) is 17.2 Å². The summed E-state index contributed by atoms with van der Waals surface area (Å²) in [7, 11) is 0. The average molecular weight is 584 g/mol. The van der Waals surface area contributed by atoms with Crippen LogP contribution in [-0.2, 0) is 11.8 Å². The highest BCUT2D eigenvalue weighted by Gasteiger charge is 2.43. The standard InChI is InChI=1S/C42H34N2O/c1-26-20-30(28-18-19-29-25-42(2)36-15-6-8-17-38(36)45-39(42)24-31(29)22-28)23-32(21-26)41-43-37-16-7-5-13-35(37)40(44-41)34-14-9-11-27-10-3-4-12-33(27)34/h3-19,21-24,26,41,43H,20,25H2,1-2H3/p+1. The summed E-state index contributed by atoms with van der Waals surface area (Å²) in [5.41, 5.74) is 12.5. The second kappa shape index (κ2) is 10.0. The van der Waals surface area contributed by atoms with Crippen LogP contribution in [0.5, 0.6) is 5.75 Å². The van der Waals surface area contributed by atoms with E-state index in [0.717, 1.165) is 30.1 Å². The molecule has 2 aliphatic carbocycles. The molecule has 0 saturated heterocycles. The summed E-state index contributed by atoms with van der Waals surface area (Å²) in [4.78, 5) is 5.49. The minimum atomic E-state index is -0.105. The Bertz CT molecular complexity index is 2160. The van der Waals surface area contributed by atoms with E-state index in [1.165, 1.54) is 61.0 Å². The van der Waals surface area contributed by atoms with Crippen molar-refractivity contribution in [3.05, 3.63) is 166 Å². The molecule has 3 atom stereocenters. The zero-order chi connectivity index (χ0) is 30.1. The number of benzene rings is 5. The number of fused-ring (bicyclic) bond motifs is 6. The van der Waals surface area contributed by atoms with E-state index in [0.29, 0.717) is 5.92 Å². The van der Waals surface area contributed by atoms with Gasteiger partial charge in [0.15, 0.2) is 0 Å². The molecule has 5 aromatic carbocycles. The molecule has 3 unspecified atom stereocenters. The largest absolute Gasteiger partial charge is 0.460 e.